The van der Waals surface area contributed by atoms with Crippen LogP contribution in [0.5, 0.6) is 0 Å². The van der Waals surface area contributed by atoms with E-state index in [9.17, 15) is 4.79 Å². The number of nitrogens with zero attached hydrogens (tertiary/aromatic N) is 1. The van der Waals surface area contributed by atoms with Crippen LogP contribution >= 0.6 is 15.9 Å². The zero-order chi connectivity index (χ0) is 20.1. The summed E-state index contributed by atoms with van der Waals surface area (Å²) < 4.78 is 8.50. The lowest BCUT2D eigenvalue weighted by Crippen LogP contribution is -3.00. The van der Waals surface area contributed by atoms with Crippen molar-refractivity contribution in [3.05, 3.63) is 94.9 Å². The molecule has 4 aromatic rings. The summed E-state index contributed by atoms with van der Waals surface area (Å²) in [7, 11) is 0. The minimum absolute atomic E-state index is 0. The van der Waals surface area contributed by atoms with Gasteiger partial charge in [-0.15, -0.1) is 0 Å². The van der Waals surface area contributed by atoms with Crippen molar-refractivity contribution in [2.24, 2.45) is 0 Å². The fourth-order valence-corrected chi connectivity index (χ4v) is 3.99. The van der Waals surface area contributed by atoms with Crippen molar-refractivity contribution in [1.29, 1.82) is 0 Å². The van der Waals surface area contributed by atoms with E-state index in [1.807, 2.05) is 48.7 Å². The van der Waals surface area contributed by atoms with E-state index < -0.39 is 0 Å². The number of amides is 1. The van der Waals surface area contributed by atoms with Crippen molar-refractivity contribution >= 4 is 38.5 Å². The lowest BCUT2D eigenvalue weighted by molar-refractivity contribution is -0.707. The van der Waals surface area contributed by atoms with Crippen LogP contribution in [0.1, 0.15) is 17.5 Å². The molecule has 6 heteroatoms. The maximum Gasteiger partial charge on any atom is 0.249 e. The van der Waals surface area contributed by atoms with Crippen molar-refractivity contribution in [3.63, 3.8) is 0 Å². The average Bonchev–Trinajstić information content (AvgIpc) is 3.20. The first-order valence-electron chi connectivity index (χ1n) is 9.67. The van der Waals surface area contributed by atoms with Gasteiger partial charge in [0, 0.05) is 39.9 Å². The number of carbonyl (C=O) groups excluding carboxylic acids is 1. The summed E-state index contributed by atoms with van der Waals surface area (Å²) in [6, 6.07) is 22.0. The second-order valence-corrected chi connectivity index (χ2v) is 7.81. The molecule has 0 unspecified atom stereocenters. The highest BCUT2D eigenvalue weighted by atomic mass is 79.9. The molecule has 0 saturated heterocycles. The predicted octanol–water partition coefficient (Wildman–Crippen LogP) is 2.30. The van der Waals surface area contributed by atoms with Crippen LogP contribution in [0.15, 0.2) is 88.2 Å². The molecule has 1 amide bonds. The topological polar surface area (TPSA) is 46.1 Å². The molecule has 0 bridgehead atoms. The summed E-state index contributed by atoms with van der Waals surface area (Å²) in [5.41, 5.74) is 3.88. The lowest BCUT2D eigenvalue weighted by Gasteiger charge is -2.07. The normalized spacial score (nSPS) is 10.6. The fraction of sp³-hybridized carbons (Fsp3) is 0.167. The van der Waals surface area contributed by atoms with Gasteiger partial charge in [0.05, 0.1) is 18.4 Å². The van der Waals surface area contributed by atoms with Crippen LogP contribution in [-0.2, 0) is 24.2 Å². The molecular formula is C24H22Br2N2O2. The van der Waals surface area contributed by atoms with E-state index in [-0.39, 0.29) is 22.9 Å². The zero-order valence-corrected chi connectivity index (χ0v) is 19.5. The van der Waals surface area contributed by atoms with Gasteiger partial charge < -0.3 is 26.7 Å². The number of benzene rings is 2. The Balaban J connectivity index is 0.00000256. The van der Waals surface area contributed by atoms with Gasteiger partial charge in [-0.25, -0.2) is 0 Å². The third kappa shape index (κ3) is 5.58. The van der Waals surface area contributed by atoms with E-state index in [4.69, 9.17) is 4.42 Å². The van der Waals surface area contributed by atoms with Crippen LogP contribution in [0.3, 0.4) is 0 Å². The third-order valence-corrected chi connectivity index (χ3v) is 5.60. The number of fused-ring (bicyclic) bond motifs is 1. The third-order valence-electron chi connectivity index (χ3n) is 4.91. The number of pyridine rings is 1. The van der Waals surface area contributed by atoms with Gasteiger partial charge in [-0.3, -0.25) is 4.79 Å². The van der Waals surface area contributed by atoms with Crippen LogP contribution < -0.4 is 26.9 Å². The smallest absolute Gasteiger partial charge is 0.249 e. The van der Waals surface area contributed by atoms with Gasteiger partial charge in [-0.05, 0) is 29.7 Å². The Hall–Kier alpha value is -2.44. The summed E-state index contributed by atoms with van der Waals surface area (Å²) in [6.07, 6.45) is 6.05. The number of hydrogen-bond acceptors (Lipinski definition) is 2. The summed E-state index contributed by atoms with van der Waals surface area (Å²) in [6.45, 7) is 0.909. The van der Waals surface area contributed by atoms with Gasteiger partial charge in [0.15, 0.2) is 6.20 Å². The quantitative estimate of drug-likeness (QED) is 0.295. The lowest BCUT2D eigenvalue weighted by atomic mass is 10.1. The fourth-order valence-electron chi connectivity index (χ4n) is 3.45. The zero-order valence-electron chi connectivity index (χ0n) is 16.4. The number of nitrogens with one attached hydrogen (secondary N) is 1. The Kier molecular flexibility index (Phi) is 7.82. The molecule has 4 rings (SSSR count). The van der Waals surface area contributed by atoms with E-state index in [1.54, 1.807) is 6.26 Å². The summed E-state index contributed by atoms with van der Waals surface area (Å²) in [5, 5.41) is 3.96. The predicted molar refractivity (Wildman–Crippen MR) is 118 cm³/mol. The van der Waals surface area contributed by atoms with Gasteiger partial charge in [0.2, 0.25) is 10.5 Å². The maximum absolute atomic E-state index is 12.5. The summed E-state index contributed by atoms with van der Waals surface area (Å²) in [5.74, 6) is -0.0487. The SMILES string of the molecule is O=C(Cc1cccc2occc12)Nc1cc[n+](CCCc2ccccc2)c(Br)c1.[Br-]. The number of halogens is 2. The molecule has 2 aromatic carbocycles. The molecule has 0 aliphatic heterocycles. The highest BCUT2D eigenvalue weighted by Gasteiger charge is 2.12. The van der Waals surface area contributed by atoms with Gasteiger partial charge in [-0.2, -0.15) is 4.57 Å². The van der Waals surface area contributed by atoms with Gasteiger partial charge in [-0.1, -0.05) is 42.5 Å². The minimum Gasteiger partial charge on any atom is -1.00 e. The van der Waals surface area contributed by atoms with Crippen molar-refractivity contribution < 1.29 is 30.8 Å². The minimum atomic E-state index is -0.0487. The van der Waals surface area contributed by atoms with Crippen molar-refractivity contribution in [2.75, 3.05) is 5.32 Å². The Labute approximate surface area is 194 Å². The van der Waals surface area contributed by atoms with E-state index >= 15 is 0 Å². The van der Waals surface area contributed by atoms with Crippen LogP contribution in [0.2, 0.25) is 0 Å². The Morgan fingerprint density at radius 3 is 2.67 bits per heavy atom. The number of aryl methyl sites for hydroxylation is 2. The largest absolute Gasteiger partial charge is 1.00 e. The molecule has 2 aromatic heterocycles. The van der Waals surface area contributed by atoms with Gasteiger partial charge >= 0.3 is 0 Å². The van der Waals surface area contributed by atoms with E-state index in [0.717, 1.165) is 46.2 Å². The second kappa shape index (κ2) is 10.5. The number of carbonyl (C=O) groups is 1. The average molecular weight is 530 g/mol. The van der Waals surface area contributed by atoms with Gasteiger partial charge in [0.25, 0.3) is 0 Å². The molecule has 0 saturated carbocycles. The molecule has 0 atom stereocenters. The maximum atomic E-state index is 12.5. The monoisotopic (exact) mass is 528 g/mol. The van der Waals surface area contributed by atoms with Gasteiger partial charge in [0.1, 0.15) is 12.1 Å². The molecule has 0 radical (unpaired) electrons. The number of anilines is 1. The first-order valence-corrected chi connectivity index (χ1v) is 10.5. The molecule has 0 aliphatic carbocycles. The Morgan fingerprint density at radius 1 is 1.03 bits per heavy atom. The molecule has 0 fully saturated rings. The van der Waals surface area contributed by atoms with E-state index in [1.165, 1.54) is 5.56 Å². The number of furan rings is 1. The Morgan fingerprint density at radius 2 is 1.87 bits per heavy atom. The standard InChI is InChI=1S/C24H21BrN2O2.BrH/c25-23-17-20(11-14-27(23)13-5-8-18-6-2-1-3-7-18)26-24(28)16-19-9-4-10-22-21(19)12-15-29-22;/h1-4,6-7,9-12,14-15,17H,5,8,13,16H2;1H. The van der Waals surface area contributed by atoms with Crippen LogP contribution in [-0.4, -0.2) is 5.91 Å². The number of rotatable bonds is 7. The van der Waals surface area contributed by atoms with Crippen molar-refractivity contribution in [2.45, 2.75) is 25.8 Å². The van der Waals surface area contributed by atoms with Crippen molar-refractivity contribution in [1.82, 2.24) is 0 Å². The molecule has 1 N–H and O–H groups in total. The first kappa shape index (κ1) is 22.2. The van der Waals surface area contributed by atoms with Crippen LogP contribution in [0.4, 0.5) is 5.69 Å². The highest BCUT2D eigenvalue weighted by molar-refractivity contribution is 9.10. The summed E-state index contributed by atoms with van der Waals surface area (Å²) in [4.78, 5) is 12.5. The molecular weight excluding hydrogens is 508 g/mol. The highest BCUT2D eigenvalue weighted by Crippen LogP contribution is 2.21. The number of aromatic nitrogens is 1. The molecule has 0 aliphatic rings. The molecule has 4 nitrogen and oxygen atoms in total. The van der Waals surface area contributed by atoms with Crippen molar-refractivity contribution in [3.8, 4) is 0 Å². The second-order valence-electron chi connectivity index (χ2n) is 7.00. The van der Waals surface area contributed by atoms with Crippen LogP contribution in [0, 0.1) is 0 Å². The first-order chi connectivity index (χ1) is 14.2. The molecule has 2 heterocycles. The Bertz CT molecular complexity index is 1130. The van der Waals surface area contributed by atoms with E-state index in [0.29, 0.717) is 6.42 Å². The summed E-state index contributed by atoms with van der Waals surface area (Å²) >= 11 is 3.62. The van der Waals surface area contributed by atoms with E-state index in [2.05, 4.69) is 50.1 Å². The molecule has 0 spiro atoms. The van der Waals surface area contributed by atoms with Crippen LogP contribution in [0.25, 0.3) is 11.0 Å². The number of hydrogen-bond donors (Lipinski definition) is 1. The molecule has 154 valence electrons. The molecule has 30 heavy (non-hydrogen) atoms.